The zero-order valence-corrected chi connectivity index (χ0v) is 16.9. The van der Waals surface area contributed by atoms with Crippen LogP contribution in [0.1, 0.15) is 29.3 Å². The lowest BCUT2D eigenvalue weighted by Crippen LogP contribution is -2.38. The molecule has 7 heteroatoms. The Kier molecular flexibility index (Phi) is 7.94. The van der Waals surface area contributed by atoms with E-state index in [4.69, 9.17) is 11.6 Å². The smallest absolute Gasteiger partial charge is 0.226 e. The first-order valence-corrected chi connectivity index (χ1v) is 9.86. The summed E-state index contributed by atoms with van der Waals surface area (Å²) >= 11 is 7.85. The van der Waals surface area contributed by atoms with Gasteiger partial charge < -0.3 is 16.0 Å². The Labute approximate surface area is 163 Å². The van der Waals surface area contributed by atoms with Gasteiger partial charge in [-0.3, -0.25) is 4.79 Å². The van der Waals surface area contributed by atoms with Gasteiger partial charge in [0.25, 0.3) is 0 Å². The molecule has 0 unspecified atom stereocenters. The molecule has 2 rings (SSSR count). The molecule has 1 heterocycles. The monoisotopic (exact) mass is 392 g/mol. The lowest BCUT2D eigenvalue weighted by molar-refractivity contribution is -0.116. The van der Waals surface area contributed by atoms with Crippen molar-refractivity contribution in [2.45, 2.75) is 33.7 Å². The summed E-state index contributed by atoms with van der Waals surface area (Å²) in [5.74, 6) is 0.620. The van der Waals surface area contributed by atoms with Crippen LogP contribution in [0, 0.1) is 13.8 Å². The van der Waals surface area contributed by atoms with Crippen molar-refractivity contribution in [3.63, 3.8) is 0 Å². The average molecular weight is 393 g/mol. The lowest BCUT2D eigenvalue weighted by atomic mass is 10.2. The van der Waals surface area contributed by atoms with E-state index in [0.29, 0.717) is 36.2 Å². The molecule has 0 fully saturated rings. The highest BCUT2D eigenvalue weighted by atomic mass is 35.5. The maximum Gasteiger partial charge on any atom is 0.226 e. The topological polar surface area (TPSA) is 65.5 Å². The number of thiophene rings is 1. The number of hydrogen-bond donors (Lipinski definition) is 3. The van der Waals surface area contributed by atoms with Gasteiger partial charge in [-0.05, 0) is 55.5 Å². The van der Waals surface area contributed by atoms with Crippen LogP contribution < -0.4 is 16.0 Å². The molecule has 0 spiro atoms. The minimum Gasteiger partial charge on any atom is -0.357 e. The van der Waals surface area contributed by atoms with Crippen molar-refractivity contribution in [2.75, 3.05) is 18.4 Å². The van der Waals surface area contributed by atoms with E-state index in [9.17, 15) is 4.79 Å². The van der Waals surface area contributed by atoms with Crippen LogP contribution in [0.4, 0.5) is 5.69 Å². The van der Waals surface area contributed by atoms with Gasteiger partial charge in [-0.15, -0.1) is 11.3 Å². The fraction of sp³-hybridized carbons (Fsp3) is 0.368. The van der Waals surface area contributed by atoms with Gasteiger partial charge >= 0.3 is 0 Å². The molecule has 0 atom stereocenters. The molecule has 0 aliphatic rings. The molecule has 1 aromatic carbocycles. The molecule has 0 aliphatic heterocycles. The molecule has 0 bridgehead atoms. The maximum atomic E-state index is 12.1. The van der Waals surface area contributed by atoms with E-state index in [1.165, 1.54) is 10.4 Å². The number of nitrogens with one attached hydrogen (secondary N) is 3. The fourth-order valence-electron chi connectivity index (χ4n) is 2.29. The molecular weight excluding hydrogens is 368 g/mol. The van der Waals surface area contributed by atoms with E-state index in [1.54, 1.807) is 11.3 Å². The van der Waals surface area contributed by atoms with Crippen LogP contribution >= 0.6 is 22.9 Å². The second-order valence-corrected chi connectivity index (χ2v) is 7.34. The quantitative estimate of drug-likeness (QED) is 0.491. The summed E-state index contributed by atoms with van der Waals surface area (Å²) in [7, 11) is 0. The summed E-state index contributed by atoms with van der Waals surface area (Å²) in [5.41, 5.74) is 2.95. The molecule has 26 heavy (non-hydrogen) atoms. The van der Waals surface area contributed by atoms with Crippen LogP contribution in [0.5, 0.6) is 0 Å². The molecular formula is C19H25ClN4OS. The Morgan fingerprint density at radius 3 is 2.69 bits per heavy atom. The molecule has 0 aliphatic carbocycles. The van der Waals surface area contributed by atoms with Crippen molar-refractivity contribution >= 4 is 40.5 Å². The maximum absolute atomic E-state index is 12.1. The fourth-order valence-corrected chi connectivity index (χ4v) is 3.40. The highest BCUT2D eigenvalue weighted by Gasteiger charge is 2.07. The Bertz CT molecular complexity index is 773. The van der Waals surface area contributed by atoms with Gasteiger partial charge in [-0.2, -0.15) is 0 Å². The third-order valence-corrected chi connectivity index (χ3v) is 5.06. The van der Waals surface area contributed by atoms with Crippen molar-refractivity contribution in [2.24, 2.45) is 4.99 Å². The van der Waals surface area contributed by atoms with Crippen LogP contribution in [0.2, 0.25) is 5.02 Å². The average Bonchev–Trinajstić information content (AvgIpc) is 3.00. The SMILES string of the molecule is CCNC(=NCc1sccc1C)NCCC(=O)Nc1ccc(C)cc1Cl. The van der Waals surface area contributed by atoms with Gasteiger partial charge in [0, 0.05) is 24.4 Å². The molecule has 0 saturated carbocycles. The molecule has 0 saturated heterocycles. The summed E-state index contributed by atoms with van der Waals surface area (Å²) in [6.45, 7) is 7.94. The van der Waals surface area contributed by atoms with Gasteiger partial charge in [0.2, 0.25) is 5.91 Å². The second-order valence-electron chi connectivity index (χ2n) is 5.93. The summed E-state index contributed by atoms with van der Waals surface area (Å²) in [6, 6.07) is 7.66. The summed E-state index contributed by atoms with van der Waals surface area (Å²) in [4.78, 5) is 17.9. The van der Waals surface area contributed by atoms with Gasteiger partial charge in [0.1, 0.15) is 0 Å². The number of hydrogen-bond acceptors (Lipinski definition) is 3. The number of benzene rings is 1. The molecule has 2 aromatic rings. The van der Waals surface area contributed by atoms with E-state index < -0.39 is 0 Å². The summed E-state index contributed by atoms with van der Waals surface area (Å²) < 4.78 is 0. The number of guanidine groups is 1. The normalized spacial score (nSPS) is 11.3. The molecule has 140 valence electrons. The first-order valence-electron chi connectivity index (χ1n) is 8.60. The van der Waals surface area contributed by atoms with Crippen LogP contribution in [0.3, 0.4) is 0 Å². The lowest BCUT2D eigenvalue weighted by Gasteiger charge is -2.12. The third-order valence-electron chi connectivity index (χ3n) is 3.74. The predicted molar refractivity (Wildman–Crippen MR) is 111 cm³/mol. The van der Waals surface area contributed by atoms with E-state index in [-0.39, 0.29) is 5.91 Å². The van der Waals surface area contributed by atoms with Crippen LogP contribution in [0.15, 0.2) is 34.6 Å². The number of aliphatic imine (C=N–C) groups is 1. The Morgan fingerprint density at radius 1 is 1.23 bits per heavy atom. The standard InChI is InChI=1S/C19H25ClN4OS/c1-4-21-19(23-12-17-14(3)8-10-26-17)22-9-7-18(25)24-16-6-5-13(2)11-15(16)20/h5-6,8,10-11H,4,7,9,12H2,1-3H3,(H,24,25)(H2,21,22,23). The van der Waals surface area contributed by atoms with Gasteiger partial charge in [0.15, 0.2) is 5.96 Å². The number of halogens is 1. The van der Waals surface area contributed by atoms with Crippen LogP contribution in [-0.4, -0.2) is 25.0 Å². The minimum atomic E-state index is -0.0896. The Hall–Kier alpha value is -2.05. The second kappa shape index (κ2) is 10.2. The van der Waals surface area contributed by atoms with Crippen LogP contribution in [0.25, 0.3) is 0 Å². The van der Waals surface area contributed by atoms with E-state index in [0.717, 1.165) is 12.1 Å². The number of amides is 1. The number of carbonyl (C=O) groups excluding carboxylic acids is 1. The Balaban J connectivity index is 1.82. The van der Waals surface area contributed by atoms with E-state index in [2.05, 4.69) is 39.3 Å². The number of carbonyl (C=O) groups is 1. The molecule has 5 nitrogen and oxygen atoms in total. The molecule has 1 aromatic heterocycles. The van der Waals surface area contributed by atoms with Gasteiger partial charge in [-0.25, -0.2) is 4.99 Å². The number of rotatable bonds is 7. The van der Waals surface area contributed by atoms with Gasteiger partial charge in [0.05, 0.1) is 17.3 Å². The number of nitrogens with zero attached hydrogens (tertiary/aromatic N) is 1. The summed E-state index contributed by atoms with van der Waals surface area (Å²) in [5, 5.41) is 11.8. The molecule has 1 amide bonds. The number of aryl methyl sites for hydroxylation is 2. The summed E-state index contributed by atoms with van der Waals surface area (Å²) in [6.07, 6.45) is 0.326. The van der Waals surface area contributed by atoms with Crippen molar-refractivity contribution in [3.8, 4) is 0 Å². The number of anilines is 1. The van der Waals surface area contributed by atoms with E-state index in [1.807, 2.05) is 32.0 Å². The molecule has 0 radical (unpaired) electrons. The predicted octanol–water partition coefficient (Wildman–Crippen LogP) is 4.10. The zero-order valence-electron chi connectivity index (χ0n) is 15.4. The first-order chi connectivity index (χ1) is 12.5. The highest BCUT2D eigenvalue weighted by molar-refractivity contribution is 7.10. The zero-order chi connectivity index (χ0) is 18.9. The van der Waals surface area contributed by atoms with Crippen molar-refractivity contribution < 1.29 is 4.79 Å². The van der Waals surface area contributed by atoms with Crippen molar-refractivity contribution in [1.29, 1.82) is 0 Å². The van der Waals surface area contributed by atoms with Crippen LogP contribution in [-0.2, 0) is 11.3 Å². The Morgan fingerprint density at radius 2 is 2.04 bits per heavy atom. The third kappa shape index (κ3) is 6.35. The highest BCUT2D eigenvalue weighted by Crippen LogP contribution is 2.22. The largest absolute Gasteiger partial charge is 0.357 e. The van der Waals surface area contributed by atoms with E-state index >= 15 is 0 Å². The first kappa shape index (κ1) is 20.3. The van der Waals surface area contributed by atoms with Crippen molar-refractivity contribution in [1.82, 2.24) is 10.6 Å². The van der Waals surface area contributed by atoms with Crippen molar-refractivity contribution in [3.05, 3.63) is 50.7 Å². The molecule has 3 N–H and O–H groups in total. The van der Waals surface area contributed by atoms with Gasteiger partial charge in [-0.1, -0.05) is 17.7 Å². The minimum absolute atomic E-state index is 0.0896.